The molecule has 0 aliphatic carbocycles. The minimum Gasteiger partial charge on any atom is -0.463 e. The van der Waals surface area contributed by atoms with E-state index in [4.69, 9.17) is 61.6 Å². The molecular weight excluding hydrogens is 686 g/mol. The van der Waals surface area contributed by atoms with Gasteiger partial charge in [-0.15, -0.1) is 0 Å². The second-order valence-electron chi connectivity index (χ2n) is 12.3. The summed E-state index contributed by atoms with van der Waals surface area (Å²) >= 11 is 0. The molecule has 0 rings (SSSR count). The first-order valence-electron chi connectivity index (χ1n) is 18.7. The third-order valence-corrected chi connectivity index (χ3v) is 6.47. The van der Waals surface area contributed by atoms with Crippen molar-refractivity contribution in [1.29, 1.82) is 0 Å². The Balaban J connectivity index is 3.16. The lowest BCUT2D eigenvalue weighted by Crippen LogP contribution is -2.36. The molecule has 310 valence electrons. The zero-order chi connectivity index (χ0) is 38.2. The summed E-state index contributed by atoms with van der Waals surface area (Å²) in [6.07, 6.45) is 3.11. The molecule has 0 aromatic heterocycles. The van der Waals surface area contributed by atoms with Gasteiger partial charge in [-0.05, 0) is 27.2 Å². The molecule has 0 radical (unpaired) electrons. The minimum absolute atomic E-state index is 0.163. The van der Waals surface area contributed by atoms with Crippen LogP contribution in [0.3, 0.4) is 0 Å². The van der Waals surface area contributed by atoms with Crippen LogP contribution in [0.1, 0.15) is 53.4 Å². The Bertz CT molecular complexity index is 773. The second kappa shape index (κ2) is 39.0. The number of unbranched alkanes of at least 4 members (excludes halogenated alkanes) is 2. The fourth-order valence-electron chi connectivity index (χ4n) is 3.74. The van der Waals surface area contributed by atoms with Crippen LogP contribution in [-0.2, 0) is 66.4 Å². The molecule has 0 aliphatic rings. The fraction of sp³-hybridized carbons (Fsp3) is 0.944. The fourth-order valence-corrected chi connectivity index (χ4v) is 3.74. The standard InChI is InChI=1S/C36H71NO15/c1-6-7-8-9-34(38)51-33-32-50-31-30-49-29-28-48-27-26-47-25-24-46-23-22-45-21-20-44-19-18-43-17-16-42-15-14-41-13-12-40-11-10-37(5)35(39)52-36(2,3)4/h6-33H2,1-5H3. The van der Waals surface area contributed by atoms with E-state index in [1.807, 2.05) is 20.8 Å². The first kappa shape index (κ1) is 50.3. The molecule has 16 nitrogen and oxygen atoms in total. The van der Waals surface area contributed by atoms with Crippen LogP contribution in [0.2, 0.25) is 0 Å². The summed E-state index contributed by atoms with van der Waals surface area (Å²) < 4.78 is 70.5. The van der Waals surface area contributed by atoms with Gasteiger partial charge in [0, 0.05) is 20.0 Å². The lowest BCUT2D eigenvalue weighted by molar-refractivity contribution is -0.145. The van der Waals surface area contributed by atoms with E-state index in [2.05, 4.69) is 6.92 Å². The molecule has 0 fully saturated rings. The number of hydrogen-bond acceptors (Lipinski definition) is 15. The molecule has 0 saturated carbocycles. The van der Waals surface area contributed by atoms with Crippen LogP contribution in [0.4, 0.5) is 4.79 Å². The van der Waals surface area contributed by atoms with E-state index in [-0.39, 0.29) is 18.7 Å². The Morgan fingerprint density at radius 3 is 1.02 bits per heavy atom. The summed E-state index contributed by atoms with van der Waals surface area (Å²) in [6.45, 7) is 18.7. The Morgan fingerprint density at radius 2 is 0.731 bits per heavy atom. The van der Waals surface area contributed by atoms with Crippen molar-refractivity contribution in [2.75, 3.05) is 166 Å². The number of rotatable bonds is 40. The Kier molecular flexibility index (Phi) is 37.7. The number of carbonyl (C=O) groups is 2. The van der Waals surface area contributed by atoms with Crippen LogP contribution in [0.5, 0.6) is 0 Å². The second-order valence-corrected chi connectivity index (χ2v) is 12.3. The van der Waals surface area contributed by atoms with Gasteiger partial charge in [0.2, 0.25) is 0 Å². The van der Waals surface area contributed by atoms with Crippen molar-refractivity contribution in [3.05, 3.63) is 0 Å². The third-order valence-electron chi connectivity index (χ3n) is 6.47. The molecule has 0 N–H and O–H groups in total. The van der Waals surface area contributed by atoms with Crippen LogP contribution >= 0.6 is 0 Å². The normalized spacial score (nSPS) is 11.6. The lowest BCUT2D eigenvalue weighted by Gasteiger charge is -2.24. The molecule has 0 aliphatic heterocycles. The Hall–Kier alpha value is -1.70. The van der Waals surface area contributed by atoms with Gasteiger partial charge >= 0.3 is 12.1 Å². The molecule has 0 unspecified atom stereocenters. The Morgan fingerprint density at radius 1 is 0.442 bits per heavy atom. The Labute approximate surface area is 312 Å². The number of hydrogen-bond donors (Lipinski definition) is 0. The van der Waals surface area contributed by atoms with Gasteiger partial charge in [-0.2, -0.15) is 0 Å². The number of likely N-dealkylation sites (N-methyl/N-ethyl adjacent to an activating group) is 1. The van der Waals surface area contributed by atoms with Gasteiger partial charge in [0.15, 0.2) is 0 Å². The zero-order valence-corrected chi connectivity index (χ0v) is 32.9. The lowest BCUT2D eigenvalue weighted by atomic mass is 10.2. The third kappa shape index (κ3) is 41.1. The summed E-state index contributed by atoms with van der Waals surface area (Å²) in [6, 6.07) is 0. The maximum absolute atomic E-state index is 11.9. The van der Waals surface area contributed by atoms with Crippen molar-refractivity contribution in [2.45, 2.75) is 59.0 Å². The molecule has 0 atom stereocenters. The minimum atomic E-state index is -0.514. The first-order valence-corrected chi connectivity index (χ1v) is 18.7. The van der Waals surface area contributed by atoms with Gasteiger partial charge in [0.25, 0.3) is 0 Å². The van der Waals surface area contributed by atoms with E-state index in [9.17, 15) is 9.59 Å². The van der Waals surface area contributed by atoms with Crippen molar-refractivity contribution in [2.24, 2.45) is 0 Å². The van der Waals surface area contributed by atoms with Gasteiger partial charge in [-0.1, -0.05) is 19.8 Å². The topological polar surface area (TPSA) is 157 Å². The van der Waals surface area contributed by atoms with E-state index in [1.54, 1.807) is 7.05 Å². The van der Waals surface area contributed by atoms with Crippen LogP contribution in [0.15, 0.2) is 0 Å². The highest BCUT2D eigenvalue weighted by molar-refractivity contribution is 5.69. The van der Waals surface area contributed by atoms with Crippen molar-refractivity contribution in [3.63, 3.8) is 0 Å². The molecule has 52 heavy (non-hydrogen) atoms. The van der Waals surface area contributed by atoms with Gasteiger partial charge in [0.1, 0.15) is 12.2 Å². The van der Waals surface area contributed by atoms with Gasteiger partial charge in [-0.25, -0.2) is 4.79 Å². The van der Waals surface area contributed by atoms with E-state index >= 15 is 0 Å². The summed E-state index contributed by atoms with van der Waals surface area (Å²) in [5, 5.41) is 0. The largest absolute Gasteiger partial charge is 0.463 e. The summed E-state index contributed by atoms with van der Waals surface area (Å²) in [7, 11) is 1.68. The number of amides is 1. The zero-order valence-electron chi connectivity index (χ0n) is 32.9. The predicted molar refractivity (Wildman–Crippen MR) is 193 cm³/mol. The molecule has 0 aromatic rings. The number of nitrogens with zero attached hydrogens (tertiary/aromatic N) is 1. The molecule has 0 aromatic carbocycles. The maximum Gasteiger partial charge on any atom is 0.410 e. The highest BCUT2D eigenvalue weighted by Crippen LogP contribution is 2.08. The summed E-state index contributed by atoms with van der Waals surface area (Å²) in [4.78, 5) is 24.8. The van der Waals surface area contributed by atoms with E-state index < -0.39 is 5.60 Å². The van der Waals surface area contributed by atoms with Crippen LogP contribution in [-0.4, -0.2) is 188 Å². The highest BCUT2D eigenvalue weighted by Gasteiger charge is 2.19. The molecular formula is C36H71NO15. The highest BCUT2D eigenvalue weighted by atomic mass is 16.6. The first-order chi connectivity index (χ1) is 25.3. The number of ether oxygens (including phenoxy) is 13. The number of esters is 1. The smallest absolute Gasteiger partial charge is 0.410 e. The molecule has 0 bridgehead atoms. The van der Waals surface area contributed by atoms with Gasteiger partial charge in [0.05, 0.1) is 145 Å². The van der Waals surface area contributed by atoms with Crippen molar-refractivity contribution in [1.82, 2.24) is 4.90 Å². The SMILES string of the molecule is CCCCCC(=O)OCCOCCOCCOCCOCCOCCOCCOCCOCCOCCOCCOCCN(C)C(=O)OC(C)(C)C. The molecule has 1 amide bonds. The summed E-state index contributed by atoms with van der Waals surface area (Å²) in [5.41, 5.74) is -0.514. The molecule has 0 heterocycles. The van der Waals surface area contributed by atoms with Crippen molar-refractivity contribution < 1.29 is 71.2 Å². The predicted octanol–water partition coefficient (Wildman–Crippen LogP) is 3.16. The molecule has 16 heteroatoms. The van der Waals surface area contributed by atoms with E-state index in [0.717, 1.165) is 19.3 Å². The van der Waals surface area contributed by atoms with Crippen LogP contribution < -0.4 is 0 Å². The molecule has 0 saturated heterocycles. The monoisotopic (exact) mass is 757 g/mol. The average Bonchev–Trinajstić information content (AvgIpc) is 3.10. The van der Waals surface area contributed by atoms with E-state index in [1.165, 1.54) is 4.90 Å². The quantitative estimate of drug-likeness (QED) is 0.0663. The van der Waals surface area contributed by atoms with Crippen molar-refractivity contribution >= 4 is 12.1 Å². The van der Waals surface area contributed by atoms with Crippen molar-refractivity contribution in [3.8, 4) is 0 Å². The van der Waals surface area contributed by atoms with E-state index in [0.29, 0.717) is 158 Å². The van der Waals surface area contributed by atoms with Gasteiger partial charge < -0.3 is 66.5 Å². The average molecular weight is 758 g/mol. The molecule has 0 spiro atoms. The number of carbonyl (C=O) groups excluding carboxylic acids is 2. The van der Waals surface area contributed by atoms with Crippen LogP contribution in [0.25, 0.3) is 0 Å². The van der Waals surface area contributed by atoms with Gasteiger partial charge in [-0.3, -0.25) is 4.79 Å². The summed E-state index contributed by atoms with van der Waals surface area (Å²) in [5.74, 6) is -0.163. The maximum atomic E-state index is 11.9. The van der Waals surface area contributed by atoms with Crippen LogP contribution in [0, 0.1) is 0 Å².